The van der Waals surface area contributed by atoms with E-state index in [1.54, 1.807) is 4.31 Å². The lowest BCUT2D eigenvalue weighted by atomic mass is 10.0. The van der Waals surface area contributed by atoms with E-state index < -0.39 is 10.0 Å². The molecule has 2 aliphatic heterocycles. The van der Waals surface area contributed by atoms with E-state index in [1.165, 1.54) is 0 Å². The molecule has 0 radical (unpaired) electrons. The van der Waals surface area contributed by atoms with Crippen molar-refractivity contribution in [1.82, 2.24) is 4.31 Å². The molecule has 2 aliphatic rings. The number of aliphatic hydroxyl groups is 1. The number of hydrogen-bond donors (Lipinski definition) is 1. The molecule has 0 aromatic heterocycles. The van der Waals surface area contributed by atoms with E-state index in [1.807, 2.05) is 0 Å². The van der Waals surface area contributed by atoms with Gasteiger partial charge in [-0.2, -0.15) is 0 Å². The first kappa shape index (κ1) is 13.3. The zero-order chi connectivity index (χ0) is 12.3. The summed E-state index contributed by atoms with van der Waals surface area (Å²) < 4.78 is 31.6. The molecule has 100 valence electrons. The van der Waals surface area contributed by atoms with Crippen LogP contribution < -0.4 is 0 Å². The van der Waals surface area contributed by atoms with Gasteiger partial charge < -0.3 is 9.84 Å². The molecule has 0 amide bonds. The molecule has 6 heteroatoms. The van der Waals surface area contributed by atoms with E-state index in [-0.39, 0.29) is 17.8 Å². The number of ether oxygens (including phenoxy) is 1. The number of nitrogens with zero attached hydrogens (tertiary/aromatic N) is 1. The molecule has 2 saturated heterocycles. The van der Waals surface area contributed by atoms with Crippen LogP contribution in [0.4, 0.5) is 0 Å². The second-order valence-corrected chi connectivity index (χ2v) is 7.12. The molecule has 0 aliphatic carbocycles. The van der Waals surface area contributed by atoms with Gasteiger partial charge in [-0.05, 0) is 31.6 Å². The lowest BCUT2D eigenvalue weighted by Crippen LogP contribution is -2.46. The average molecular weight is 263 g/mol. The van der Waals surface area contributed by atoms with Gasteiger partial charge >= 0.3 is 0 Å². The maximum absolute atomic E-state index is 12.4. The quantitative estimate of drug-likeness (QED) is 0.790. The highest BCUT2D eigenvalue weighted by Crippen LogP contribution is 2.25. The van der Waals surface area contributed by atoms with Crippen LogP contribution >= 0.6 is 0 Å². The number of hydrogen-bond acceptors (Lipinski definition) is 4. The fraction of sp³-hybridized carbons (Fsp3) is 1.00. The second-order valence-electron chi connectivity index (χ2n) is 4.91. The van der Waals surface area contributed by atoms with Gasteiger partial charge in [0.05, 0.1) is 5.25 Å². The lowest BCUT2D eigenvalue weighted by Gasteiger charge is -2.34. The van der Waals surface area contributed by atoms with Crippen molar-refractivity contribution in [2.45, 2.75) is 30.9 Å². The van der Waals surface area contributed by atoms with Crippen LogP contribution in [0.5, 0.6) is 0 Å². The first-order chi connectivity index (χ1) is 8.14. The minimum absolute atomic E-state index is 0.0831. The van der Waals surface area contributed by atoms with E-state index in [9.17, 15) is 8.42 Å². The maximum atomic E-state index is 12.4. The van der Waals surface area contributed by atoms with E-state index in [4.69, 9.17) is 9.84 Å². The van der Waals surface area contributed by atoms with Crippen molar-refractivity contribution >= 4 is 10.0 Å². The van der Waals surface area contributed by atoms with Gasteiger partial charge in [0.25, 0.3) is 0 Å². The summed E-state index contributed by atoms with van der Waals surface area (Å²) in [7, 11) is -3.19. The molecule has 0 bridgehead atoms. The average Bonchev–Trinajstić information content (AvgIpc) is 2.40. The van der Waals surface area contributed by atoms with Crippen LogP contribution in [0.2, 0.25) is 0 Å². The highest BCUT2D eigenvalue weighted by Gasteiger charge is 2.35. The Morgan fingerprint density at radius 3 is 2.59 bits per heavy atom. The SMILES string of the molecule is O=S(=O)(C1CCOCC1)N1CCCC(CO)C1. The molecule has 0 aromatic rings. The standard InChI is InChI=1S/C11H21NO4S/c13-9-10-2-1-5-12(8-10)17(14,15)11-3-6-16-7-4-11/h10-11,13H,1-9H2. The Kier molecular flexibility index (Phi) is 4.41. The van der Waals surface area contributed by atoms with Crippen LogP contribution in [0.15, 0.2) is 0 Å². The van der Waals surface area contributed by atoms with Crippen molar-refractivity contribution in [3.05, 3.63) is 0 Å². The van der Waals surface area contributed by atoms with Crippen molar-refractivity contribution in [2.24, 2.45) is 5.92 Å². The zero-order valence-electron chi connectivity index (χ0n) is 10.0. The van der Waals surface area contributed by atoms with Crippen LogP contribution in [0.25, 0.3) is 0 Å². The third-order valence-electron chi connectivity index (χ3n) is 3.69. The highest BCUT2D eigenvalue weighted by molar-refractivity contribution is 7.89. The van der Waals surface area contributed by atoms with Gasteiger partial charge in [-0.3, -0.25) is 0 Å². The first-order valence-electron chi connectivity index (χ1n) is 6.32. The normalized spacial score (nSPS) is 29.4. The van der Waals surface area contributed by atoms with E-state index in [2.05, 4.69) is 0 Å². The summed E-state index contributed by atoms with van der Waals surface area (Å²) in [6, 6.07) is 0. The van der Waals surface area contributed by atoms with Crippen LogP contribution in [-0.2, 0) is 14.8 Å². The summed E-state index contributed by atoms with van der Waals surface area (Å²) in [6.07, 6.45) is 2.98. The Morgan fingerprint density at radius 2 is 1.94 bits per heavy atom. The van der Waals surface area contributed by atoms with Gasteiger partial charge in [0.15, 0.2) is 0 Å². The van der Waals surface area contributed by atoms with Crippen molar-refractivity contribution < 1.29 is 18.3 Å². The number of aliphatic hydroxyl groups excluding tert-OH is 1. The van der Waals surface area contributed by atoms with E-state index in [0.29, 0.717) is 39.1 Å². The minimum Gasteiger partial charge on any atom is -0.396 e. The molecular weight excluding hydrogens is 242 g/mol. The second kappa shape index (κ2) is 5.65. The maximum Gasteiger partial charge on any atom is 0.217 e. The third-order valence-corrected chi connectivity index (χ3v) is 6.05. The number of sulfonamides is 1. The number of rotatable bonds is 3. The van der Waals surface area contributed by atoms with Crippen molar-refractivity contribution in [1.29, 1.82) is 0 Å². The van der Waals surface area contributed by atoms with Gasteiger partial charge in [-0.25, -0.2) is 12.7 Å². The van der Waals surface area contributed by atoms with Crippen LogP contribution in [0.3, 0.4) is 0 Å². The Morgan fingerprint density at radius 1 is 1.24 bits per heavy atom. The van der Waals surface area contributed by atoms with Crippen LogP contribution in [-0.4, -0.2) is 56.0 Å². The molecule has 17 heavy (non-hydrogen) atoms. The molecule has 2 rings (SSSR count). The molecule has 5 nitrogen and oxygen atoms in total. The summed E-state index contributed by atoms with van der Waals surface area (Å²) in [5.74, 6) is 0.110. The summed E-state index contributed by atoms with van der Waals surface area (Å²) in [4.78, 5) is 0. The molecule has 0 aromatic carbocycles. The molecule has 1 unspecified atom stereocenters. The molecule has 1 N–H and O–H groups in total. The summed E-state index contributed by atoms with van der Waals surface area (Å²) >= 11 is 0. The fourth-order valence-electron chi connectivity index (χ4n) is 2.59. The predicted molar refractivity (Wildman–Crippen MR) is 64.1 cm³/mol. The van der Waals surface area contributed by atoms with Crippen LogP contribution in [0.1, 0.15) is 25.7 Å². The van der Waals surface area contributed by atoms with E-state index in [0.717, 1.165) is 12.8 Å². The zero-order valence-corrected chi connectivity index (χ0v) is 10.9. The highest BCUT2D eigenvalue weighted by atomic mass is 32.2. The molecule has 2 heterocycles. The molecule has 1 atom stereocenters. The van der Waals surface area contributed by atoms with Crippen molar-refractivity contribution in [2.75, 3.05) is 32.9 Å². The topological polar surface area (TPSA) is 66.8 Å². The third kappa shape index (κ3) is 2.99. The Balaban J connectivity index is 2.03. The van der Waals surface area contributed by atoms with Gasteiger partial charge in [0.1, 0.15) is 0 Å². The van der Waals surface area contributed by atoms with Crippen molar-refractivity contribution in [3.63, 3.8) is 0 Å². The van der Waals surface area contributed by atoms with Gasteiger partial charge in [0.2, 0.25) is 10.0 Å². The van der Waals surface area contributed by atoms with Gasteiger partial charge in [-0.15, -0.1) is 0 Å². The smallest absolute Gasteiger partial charge is 0.217 e. The van der Waals surface area contributed by atoms with Gasteiger partial charge in [0, 0.05) is 32.9 Å². The van der Waals surface area contributed by atoms with Crippen molar-refractivity contribution in [3.8, 4) is 0 Å². The van der Waals surface area contributed by atoms with E-state index >= 15 is 0 Å². The summed E-state index contributed by atoms with van der Waals surface area (Å²) in [5, 5.41) is 8.86. The molecule has 0 spiro atoms. The first-order valence-corrected chi connectivity index (χ1v) is 7.82. The molecular formula is C11H21NO4S. The molecule has 0 saturated carbocycles. The van der Waals surface area contributed by atoms with Crippen LogP contribution in [0, 0.1) is 5.92 Å². The lowest BCUT2D eigenvalue weighted by molar-refractivity contribution is 0.0960. The fourth-order valence-corrected chi connectivity index (χ4v) is 4.60. The van der Waals surface area contributed by atoms with Gasteiger partial charge in [-0.1, -0.05) is 0 Å². The Bertz CT molecular complexity index is 337. The summed E-state index contributed by atoms with van der Waals surface area (Å²) in [6.45, 7) is 2.26. The minimum atomic E-state index is -3.19. The Hall–Kier alpha value is -0.170. The number of piperidine rings is 1. The Labute approximate surface area is 103 Å². The largest absolute Gasteiger partial charge is 0.396 e. The predicted octanol–water partition coefficient (Wildman–Crippen LogP) is 0.200. The monoisotopic (exact) mass is 263 g/mol. The molecule has 2 fully saturated rings. The summed E-state index contributed by atoms with van der Waals surface area (Å²) in [5.41, 5.74) is 0.